The second kappa shape index (κ2) is 5.92. The smallest absolute Gasteiger partial charge is 0.243 e. The average Bonchev–Trinajstić information content (AvgIpc) is 2.55. The molecule has 1 aromatic carbocycles. The first-order valence-electron chi connectivity index (χ1n) is 7.20. The highest BCUT2D eigenvalue weighted by Gasteiger charge is 2.31. The number of nitrogens with zero attached hydrogens (tertiary/aromatic N) is 2. The highest BCUT2D eigenvalue weighted by molar-refractivity contribution is 7.89. The highest BCUT2D eigenvalue weighted by atomic mass is 32.2. The average molecular weight is 321 g/mol. The molecule has 0 aliphatic carbocycles. The summed E-state index contributed by atoms with van der Waals surface area (Å²) in [4.78, 5) is 4.59. The predicted molar refractivity (Wildman–Crippen MR) is 84.0 cm³/mol. The van der Waals surface area contributed by atoms with Crippen molar-refractivity contribution in [1.29, 1.82) is 0 Å². The lowest BCUT2D eigenvalue weighted by Crippen LogP contribution is -2.48. The van der Waals surface area contributed by atoms with E-state index < -0.39 is 10.0 Å². The molecule has 2 heterocycles. The molecule has 0 saturated carbocycles. The van der Waals surface area contributed by atoms with Crippen molar-refractivity contribution < 1.29 is 13.2 Å². The van der Waals surface area contributed by atoms with Gasteiger partial charge in [0.05, 0.1) is 23.1 Å². The molecule has 7 heteroatoms. The van der Waals surface area contributed by atoms with Crippen LogP contribution < -0.4 is 5.73 Å². The maximum absolute atomic E-state index is 13.0. The van der Waals surface area contributed by atoms with Crippen molar-refractivity contribution in [2.75, 3.05) is 26.2 Å². The summed E-state index contributed by atoms with van der Waals surface area (Å²) in [6.07, 6.45) is 1.42. The zero-order valence-corrected chi connectivity index (χ0v) is 13.2. The summed E-state index contributed by atoms with van der Waals surface area (Å²) >= 11 is 0. The number of hydrogen-bond donors (Lipinski definition) is 1. The monoisotopic (exact) mass is 321 g/mol. The Hall–Kier alpha value is -1.54. The van der Waals surface area contributed by atoms with Crippen LogP contribution in [0.25, 0.3) is 10.9 Å². The Morgan fingerprint density at radius 3 is 3.00 bits per heavy atom. The van der Waals surface area contributed by atoms with Crippen LogP contribution in [0.15, 0.2) is 35.4 Å². The first-order chi connectivity index (χ1) is 10.5. The summed E-state index contributed by atoms with van der Waals surface area (Å²) in [5, 5.41) is 0.651. The van der Waals surface area contributed by atoms with Gasteiger partial charge in [-0.15, -0.1) is 0 Å². The molecule has 22 heavy (non-hydrogen) atoms. The van der Waals surface area contributed by atoms with Gasteiger partial charge >= 0.3 is 0 Å². The minimum atomic E-state index is -3.59. The Kier molecular flexibility index (Phi) is 4.14. The van der Waals surface area contributed by atoms with Gasteiger partial charge in [0.1, 0.15) is 0 Å². The van der Waals surface area contributed by atoms with Crippen LogP contribution in [0.5, 0.6) is 0 Å². The molecule has 3 rings (SSSR count). The molecular weight excluding hydrogens is 302 g/mol. The van der Waals surface area contributed by atoms with Gasteiger partial charge in [0.2, 0.25) is 10.0 Å². The first-order valence-corrected chi connectivity index (χ1v) is 8.64. The zero-order chi connectivity index (χ0) is 15.7. The van der Waals surface area contributed by atoms with Gasteiger partial charge in [0, 0.05) is 31.2 Å². The van der Waals surface area contributed by atoms with Gasteiger partial charge in [0.25, 0.3) is 0 Å². The Morgan fingerprint density at radius 1 is 1.41 bits per heavy atom. The molecule has 1 aliphatic heterocycles. The number of sulfonamides is 1. The van der Waals surface area contributed by atoms with Crippen molar-refractivity contribution in [2.24, 2.45) is 5.73 Å². The number of nitrogens with two attached hydrogens (primary N) is 1. The van der Waals surface area contributed by atoms with E-state index in [9.17, 15) is 8.42 Å². The minimum absolute atomic E-state index is 0.252. The summed E-state index contributed by atoms with van der Waals surface area (Å²) in [6.45, 7) is 3.22. The Labute approximate surface area is 129 Å². The van der Waals surface area contributed by atoms with Crippen molar-refractivity contribution in [2.45, 2.75) is 17.9 Å². The topological polar surface area (TPSA) is 85.5 Å². The van der Waals surface area contributed by atoms with Crippen LogP contribution in [0.4, 0.5) is 0 Å². The van der Waals surface area contributed by atoms with E-state index in [1.54, 1.807) is 30.5 Å². The van der Waals surface area contributed by atoms with Gasteiger partial charge in [0.15, 0.2) is 0 Å². The second-order valence-corrected chi connectivity index (χ2v) is 7.28. The van der Waals surface area contributed by atoms with Crippen molar-refractivity contribution >= 4 is 20.9 Å². The van der Waals surface area contributed by atoms with Crippen molar-refractivity contribution in [3.05, 3.63) is 36.0 Å². The number of pyridine rings is 1. The van der Waals surface area contributed by atoms with E-state index in [4.69, 9.17) is 10.5 Å². The van der Waals surface area contributed by atoms with Crippen molar-refractivity contribution in [3.63, 3.8) is 0 Å². The van der Waals surface area contributed by atoms with E-state index in [1.165, 1.54) is 4.31 Å². The van der Waals surface area contributed by atoms with E-state index in [2.05, 4.69) is 4.98 Å². The third-order valence-corrected chi connectivity index (χ3v) is 5.84. The molecule has 1 unspecified atom stereocenters. The molecule has 2 aromatic rings. The van der Waals surface area contributed by atoms with Crippen LogP contribution in [0.2, 0.25) is 0 Å². The molecule has 1 saturated heterocycles. The van der Waals surface area contributed by atoms with Gasteiger partial charge in [-0.05, 0) is 30.7 Å². The second-order valence-electron chi connectivity index (χ2n) is 5.37. The van der Waals surface area contributed by atoms with E-state index in [1.807, 2.05) is 6.92 Å². The SMILES string of the molecule is Cc1ccc(S(=O)(=O)N2CCOC(CN)C2)c2cccnc12. The van der Waals surface area contributed by atoms with E-state index in [-0.39, 0.29) is 12.6 Å². The number of hydrogen-bond acceptors (Lipinski definition) is 5. The summed E-state index contributed by atoms with van der Waals surface area (Å²) < 4.78 is 32.9. The molecule has 6 nitrogen and oxygen atoms in total. The molecule has 1 fully saturated rings. The van der Waals surface area contributed by atoms with Gasteiger partial charge in [-0.25, -0.2) is 8.42 Å². The van der Waals surface area contributed by atoms with Crippen LogP contribution in [0.3, 0.4) is 0 Å². The number of aryl methyl sites for hydroxylation is 1. The molecule has 1 aromatic heterocycles. The fourth-order valence-corrected chi connectivity index (χ4v) is 4.34. The number of fused-ring (bicyclic) bond motifs is 1. The summed E-state index contributed by atoms with van der Waals surface area (Å²) in [7, 11) is -3.59. The van der Waals surface area contributed by atoms with Crippen LogP contribution in [0.1, 0.15) is 5.56 Å². The van der Waals surface area contributed by atoms with E-state index in [0.29, 0.717) is 35.5 Å². The van der Waals surface area contributed by atoms with Crippen LogP contribution in [0, 0.1) is 6.92 Å². The molecule has 1 atom stereocenters. The Morgan fingerprint density at radius 2 is 2.23 bits per heavy atom. The molecule has 0 radical (unpaired) electrons. The highest BCUT2D eigenvalue weighted by Crippen LogP contribution is 2.27. The van der Waals surface area contributed by atoms with Crippen molar-refractivity contribution in [1.82, 2.24) is 9.29 Å². The Bertz CT molecular complexity index is 792. The molecule has 0 bridgehead atoms. The summed E-state index contributed by atoms with van der Waals surface area (Å²) in [5.74, 6) is 0. The van der Waals surface area contributed by atoms with Crippen LogP contribution in [-0.4, -0.2) is 50.1 Å². The maximum Gasteiger partial charge on any atom is 0.243 e. The zero-order valence-electron chi connectivity index (χ0n) is 12.4. The first kappa shape index (κ1) is 15.4. The quantitative estimate of drug-likeness (QED) is 0.907. The maximum atomic E-state index is 13.0. The molecule has 0 spiro atoms. The number of benzene rings is 1. The number of morpholine rings is 1. The van der Waals surface area contributed by atoms with Gasteiger partial charge in [-0.1, -0.05) is 6.07 Å². The lowest BCUT2D eigenvalue weighted by molar-refractivity contribution is 0.00453. The lowest BCUT2D eigenvalue weighted by Gasteiger charge is -2.31. The number of ether oxygens (including phenoxy) is 1. The molecular formula is C15H19N3O3S. The van der Waals surface area contributed by atoms with Gasteiger partial charge in [-0.2, -0.15) is 4.31 Å². The third kappa shape index (κ3) is 2.61. The van der Waals surface area contributed by atoms with Crippen LogP contribution >= 0.6 is 0 Å². The molecule has 1 aliphatic rings. The number of rotatable bonds is 3. The van der Waals surface area contributed by atoms with Gasteiger partial charge < -0.3 is 10.5 Å². The minimum Gasteiger partial charge on any atom is -0.374 e. The largest absolute Gasteiger partial charge is 0.374 e. The standard InChI is InChI=1S/C15H19N3O3S/c1-11-4-5-14(13-3-2-6-17-15(11)13)22(19,20)18-7-8-21-12(9-16)10-18/h2-6,12H,7-10,16H2,1H3. The van der Waals surface area contributed by atoms with E-state index >= 15 is 0 Å². The molecule has 2 N–H and O–H groups in total. The molecule has 118 valence electrons. The van der Waals surface area contributed by atoms with Crippen molar-refractivity contribution in [3.8, 4) is 0 Å². The fraction of sp³-hybridized carbons (Fsp3) is 0.400. The fourth-order valence-electron chi connectivity index (χ4n) is 2.70. The molecule has 0 amide bonds. The summed E-state index contributed by atoms with van der Waals surface area (Å²) in [5.41, 5.74) is 7.27. The van der Waals surface area contributed by atoms with Crippen LogP contribution in [-0.2, 0) is 14.8 Å². The summed E-state index contributed by atoms with van der Waals surface area (Å²) in [6, 6.07) is 7.00. The predicted octanol–water partition coefficient (Wildman–Crippen LogP) is 0.891. The van der Waals surface area contributed by atoms with Gasteiger partial charge in [-0.3, -0.25) is 4.98 Å². The van der Waals surface area contributed by atoms with E-state index in [0.717, 1.165) is 5.56 Å². The Balaban J connectivity index is 2.08. The third-order valence-electron chi connectivity index (χ3n) is 3.91. The number of aromatic nitrogens is 1. The lowest BCUT2D eigenvalue weighted by atomic mass is 10.1. The normalized spacial score (nSPS) is 20.4.